The van der Waals surface area contributed by atoms with E-state index in [0.29, 0.717) is 11.8 Å². The van der Waals surface area contributed by atoms with Gasteiger partial charge in [0.1, 0.15) is 0 Å². The number of benzene rings is 2. The van der Waals surface area contributed by atoms with Crippen LogP contribution in [0, 0.1) is 0 Å². The molecule has 2 rings (SSSR count). The smallest absolute Gasteiger partial charge is 0.0181 e. The minimum absolute atomic E-state index is 0.651. The Morgan fingerprint density at radius 3 is 1.42 bits per heavy atom. The van der Waals surface area contributed by atoms with E-state index in [4.69, 9.17) is 0 Å². The molecule has 0 aliphatic rings. The summed E-state index contributed by atoms with van der Waals surface area (Å²) >= 11 is 0. The first-order chi connectivity index (χ1) is 12.7. The SMILES string of the molecule is CCCCCC(C)c1cccc(-c2cccc(C(C)CCCCC)c2)c1. The van der Waals surface area contributed by atoms with E-state index >= 15 is 0 Å². The van der Waals surface area contributed by atoms with Gasteiger partial charge in [-0.25, -0.2) is 0 Å². The summed E-state index contributed by atoms with van der Waals surface area (Å²) in [5, 5.41) is 0. The second kappa shape index (κ2) is 11.2. The fraction of sp³-hybridized carbons (Fsp3) is 0.538. The van der Waals surface area contributed by atoms with Crippen molar-refractivity contribution in [3.8, 4) is 11.1 Å². The van der Waals surface area contributed by atoms with Crippen LogP contribution in [0.1, 0.15) is 102 Å². The molecule has 26 heavy (non-hydrogen) atoms. The largest absolute Gasteiger partial charge is 0.0654 e. The highest BCUT2D eigenvalue weighted by Crippen LogP contribution is 2.30. The Morgan fingerprint density at radius 2 is 1.04 bits per heavy atom. The lowest BCUT2D eigenvalue weighted by atomic mass is 9.90. The fourth-order valence-electron chi connectivity index (χ4n) is 3.78. The molecule has 2 atom stereocenters. The molecule has 2 aromatic rings. The number of hydrogen-bond acceptors (Lipinski definition) is 0. The van der Waals surface area contributed by atoms with Crippen molar-refractivity contribution in [3.05, 3.63) is 59.7 Å². The van der Waals surface area contributed by atoms with Gasteiger partial charge in [0.15, 0.2) is 0 Å². The maximum absolute atomic E-state index is 2.41. The molecule has 0 heterocycles. The van der Waals surface area contributed by atoms with Crippen LogP contribution in [0.3, 0.4) is 0 Å². The van der Waals surface area contributed by atoms with Gasteiger partial charge in [0.2, 0.25) is 0 Å². The van der Waals surface area contributed by atoms with Crippen LogP contribution < -0.4 is 0 Å². The van der Waals surface area contributed by atoms with Gasteiger partial charge in [-0.2, -0.15) is 0 Å². The highest BCUT2D eigenvalue weighted by molar-refractivity contribution is 5.65. The van der Waals surface area contributed by atoms with Crippen molar-refractivity contribution in [2.45, 2.75) is 90.9 Å². The molecule has 0 fully saturated rings. The van der Waals surface area contributed by atoms with Crippen LogP contribution in [0.4, 0.5) is 0 Å². The predicted octanol–water partition coefficient (Wildman–Crippen LogP) is 8.72. The molecule has 0 nitrogen and oxygen atoms in total. The van der Waals surface area contributed by atoms with Crippen LogP contribution in [-0.2, 0) is 0 Å². The molecule has 0 spiro atoms. The molecular formula is C26H38. The van der Waals surface area contributed by atoms with E-state index in [0.717, 1.165) is 0 Å². The lowest BCUT2D eigenvalue weighted by Gasteiger charge is -2.15. The van der Waals surface area contributed by atoms with Gasteiger partial charge in [-0.1, -0.05) is 115 Å². The third-order valence-corrected chi connectivity index (χ3v) is 5.73. The van der Waals surface area contributed by atoms with Gasteiger partial charge in [0, 0.05) is 0 Å². The van der Waals surface area contributed by atoms with E-state index in [2.05, 4.69) is 76.2 Å². The molecule has 0 aliphatic heterocycles. The van der Waals surface area contributed by atoms with Gasteiger partial charge < -0.3 is 0 Å². The van der Waals surface area contributed by atoms with E-state index in [9.17, 15) is 0 Å². The Labute approximate surface area is 162 Å². The lowest BCUT2D eigenvalue weighted by molar-refractivity contribution is 0.598. The molecular weight excluding hydrogens is 312 g/mol. The Hall–Kier alpha value is -1.56. The summed E-state index contributed by atoms with van der Waals surface area (Å²) in [7, 11) is 0. The molecule has 0 heteroatoms. The number of unbranched alkanes of at least 4 members (excludes halogenated alkanes) is 4. The maximum Gasteiger partial charge on any atom is -0.0181 e. The minimum atomic E-state index is 0.651. The molecule has 0 aromatic heterocycles. The molecule has 0 amide bonds. The Balaban J connectivity index is 2.10. The van der Waals surface area contributed by atoms with Gasteiger partial charge in [0.25, 0.3) is 0 Å². The molecule has 0 saturated carbocycles. The second-order valence-corrected chi connectivity index (χ2v) is 8.04. The van der Waals surface area contributed by atoms with Crippen LogP contribution in [0.5, 0.6) is 0 Å². The van der Waals surface area contributed by atoms with Crippen molar-refractivity contribution < 1.29 is 0 Å². The quantitative estimate of drug-likeness (QED) is 0.355. The minimum Gasteiger partial charge on any atom is -0.0654 e. The van der Waals surface area contributed by atoms with Gasteiger partial charge in [-0.3, -0.25) is 0 Å². The third kappa shape index (κ3) is 6.31. The second-order valence-electron chi connectivity index (χ2n) is 8.04. The van der Waals surface area contributed by atoms with Crippen molar-refractivity contribution in [1.29, 1.82) is 0 Å². The summed E-state index contributed by atoms with van der Waals surface area (Å²) in [4.78, 5) is 0. The average molecular weight is 351 g/mol. The Bertz CT molecular complexity index is 582. The summed E-state index contributed by atoms with van der Waals surface area (Å²) in [6, 6.07) is 18.4. The average Bonchev–Trinajstić information content (AvgIpc) is 2.68. The van der Waals surface area contributed by atoms with E-state index in [1.807, 2.05) is 0 Å². The monoisotopic (exact) mass is 350 g/mol. The van der Waals surface area contributed by atoms with Crippen LogP contribution >= 0.6 is 0 Å². The van der Waals surface area contributed by atoms with E-state index in [1.165, 1.54) is 73.6 Å². The number of hydrogen-bond donors (Lipinski definition) is 0. The van der Waals surface area contributed by atoms with Gasteiger partial charge in [-0.05, 0) is 46.9 Å². The molecule has 0 aliphatic carbocycles. The van der Waals surface area contributed by atoms with E-state index in [-0.39, 0.29) is 0 Å². The van der Waals surface area contributed by atoms with Gasteiger partial charge in [-0.15, -0.1) is 0 Å². The Kier molecular flexibility index (Phi) is 8.95. The predicted molar refractivity (Wildman–Crippen MR) is 117 cm³/mol. The molecule has 0 radical (unpaired) electrons. The highest BCUT2D eigenvalue weighted by Gasteiger charge is 2.09. The van der Waals surface area contributed by atoms with Crippen molar-refractivity contribution in [2.24, 2.45) is 0 Å². The van der Waals surface area contributed by atoms with Crippen molar-refractivity contribution in [3.63, 3.8) is 0 Å². The van der Waals surface area contributed by atoms with Crippen molar-refractivity contribution in [1.82, 2.24) is 0 Å². The Morgan fingerprint density at radius 1 is 0.615 bits per heavy atom. The summed E-state index contributed by atoms with van der Waals surface area (Å²) < 4.78 is 0. The first kappa shape index (κ1) is 20.7. The van der Waals surface area contributed by atoms with Gasteiger partial charge in [0.05, 0.1) is 0 Å². The molecule has 2 unspecified atom stereocenters. The van der Waals surface area contributed by atoms with Crippen LogP contribution in [0.25, 0.3) is 11.1 Å². The summed E-state index contributed by atoms with van der Waals surface area (Å²) in [5.41, 5.74) is 5.71. The van der Waals surface area contributed by atoms with Crippen molar-refractivity contribution in [2.75, 3.05) is 0 Å². The lowest BCUT2D eigenvalue weighted by Crippen LogP contribution is -1.96. The van der Waals surface area contributed by atoms with Gasteiger partial charge >= 0.3 is 0 Å². The van der Waals surface area contributed by atoms with Crippen LogP contribution in [0.15, 0.2) is 48.5 Å². The fourth-order valence-corrected chi connectivity index (χ4v) is 3.78. The van der Waals surface area contributed by atoms with Crippen LogP contribution in [-0.4, -0.2) is 0 Å². The van der Waals surface area contributed by atoms with Crippen molar-refractivity contribution >= 4 is 0 Å². The molecule has 0 bridgehead atoms. The first-order valence-corrected chi connectivity index (χ1v) is 10.9. The standard InChI is InChI=1S/C26H38/c1-5-7-9-13-21(3)23-15-11-17-25(19-23)26-18-12-16-24(20-26)22(4)14-10-8-6-2/h11-12,15-22H,5-10,13-14H2,1-4H3. The highest BCUT2D eigenvalue weighted by atomic mass is 14.1. The number of rotatable bonds is 11. The summed E-state index contributed by atoms with van der Waals surface area (Å²) in [6.07, 6.45) is 10.6. The summed E-state index contributed by atoms with van der Waals surface area (Å²) in [6.45, 7) is 9.31. The topological polar surface area (TPSA) is 0 Å². The molecule has 0 saturated heterocycles. The van der Waals surface area contributed by atoms with Crippen LogP contribution in [0.2, 0.25) is 0 Å². The molecule has 2 aromatic carbocycles. The van der Waals surface area contributed by atoms with E-state index in [1.54, 1.807) is 0 Å². The first-order valence-electron chi connectivity index (χ1n) is 10.9. The third-order valence-electron chi connectivity index (χ3n) is 5.73. The summed E-state index contributed by atoms with van der Waals surface area (Å²) in [5.74, 6) is 1.30. The zero-order chi connectivity index (χ0) is 18.8. The maximum atomic E-state index is 2.41. The zero-order valence-electron chi connectivity index (χ0n) is 17.4. The van der Waals surface area contributed by atoms with E-state index < -0.39 is 0 Å². The zero-order valence-corrected chi connectivity index (χ0v) is 17.4. The normalized spacial score (nSPS) is 13.5. The molecule has 142 valence electrons. The molecule has 0 N–H and O–H groups in total.